The second-order valence-corrected chi connectivity index (χ2v) is 5.08. The van der Waals surface area contributed by atoms with Gasteiger partial charge in [-0.3, -0.25) is 4.90 Å². The van der Waals surface area contributed by atoms with Gasteiger partial charge < -0.3 is 5.32 Å². The maximum absolute atomic E-state index is 3.56. The standard InChI is InChI=1S/C11H20N2/c1-2-9(3-1)4-5-13-8-10-6-11(13)7-12-10/h9-12H,1-8H2. The number of rotatable bonds is 3. The molecule has 2 heterocycles. The van der Waals surface area contributed by atoms with Gasteiger partial charge in [0.25, 0.3) is 0 Å². The topological polar surface area (TPSA) is 15.3 Å². The van der Waals surface area contributed by atoms with Gasteiger partial charge in [-0.15, -0.1) is 0 Å². The quantitative estimate of drug-likeness (QED) is 0.702. The molecule has 1 N–H and O–H groups in total. The van der Waals surface area contributed by atoms with E-state index < -0.39 is 0 Å². The third-order valence-electron chi connectivity index (χ3n) is 4.22. The predicted molar refractivity (Wildman–Crippen MR) is 53.7 cm³/mol. The number of piperazine rings is 1. The molecule has 0 aromatic heterocycles. The first-order valence-corrected chi connectivity index (χ1v) is 5.89. The van der Waals surface area contributed by atoms with Crippen LogP contribution < -0.4 is 5.32 Å². The molecule has 3 fully saturated rings. The second kappa shape index (κ2) is 3.25. The molecule has 2 nitrogen and oxygen atoms in total. The van der Waals surface area contributed by atoms with Crippen molar-refractivity contribution in [2.45, 2.75) is 44.2 Å². The molecule has 0 radical (unpaired) electrons. The molecule has 2 saturated heterocycles. The Labute approximate surface area is 80.7 Å². The smallest absolute Gasteiger partial charge is 0.0236 e. The fourth-order valence-electron chi connectivity index (χ4n) is 3.05. The summed E-state index contributed by atoms with van der Waals surface area (Å²) in [6.45, 7) is 3.97. The maximum Gasteiger partial charge on any atom is 0.0236 e. The van der Waals surface area contributed by atoms with Crippen molar-refractivity contribution < 1.29 is 0 Å². The van der Waals surface area contributed by atoms with E-state index in [1.165, 1.54) is 51.7 Å². The Bertz CT molecular complexity index is 189. The number of fused-ring (bicyclic) bond motifs is 2. The highest BCUT2D eigenvalue weighted by molar-refractivity contribution is 4.97. The van der Waals surface area contributed by atoms with Crippen molar-refractivity contribution in [1.82, 2.24) is 10.2 Å². The van der Waals surface area contributed by atoms with Crippen LogP contribution in [0.25, 0.3) is 0 Å². The molecule has 2 heteroatoms. The SMILES string of the molecule is C1CC(CCN2CC3CC2CN3)C1. The van der Waals surface area contributed by atoms with Crippen LogP contribution in [0.3, 0.4) is 0 Å². The van der Waals surface area contributed by atoms with Gasteiger partial charge in [-0.2, -0.15) is 0 Å². The van der Waals surface area contributed by atoms with Crippen molar-refractivity contribution in [2.75, 3.05) is 19.6 Å². The molecule has 0 aromatic rings. The number of likely N-dealkylation sites (tertiary alicyclic amines) is 1. The van der Waals surface area contributed by atoms with E-state index in [1.54, 1.807) is 0 Å². The minimum Gasteiger partial charge on any atom is -0.311 e. The monoisotopic (exact) mass is 180 g/mol. The zero-order valence-corrected chi connectivity index (χ0v) is 8.34. The molecule has 74 valence electrons. The molecule has 0 amide bonds. The van der Waals surface area contributed by atoms with Crippen LogP contribution in [0.4, 0.5) is 0 Å². The van der Waals surface area contributed by atoms with Crippen molar-refractivity contribution in [3.05, 3.63) is 0 Å². The van der Waals surface area contributed by atoms with Crippen LogP contribution >= 0.6 is 0 Å². The average Bonchev–Trinajstić information content (AvgIpc) is 2.61. The Kier molecular flexibility index (Phi) is 2.06. The molecule has 2 bridgehead atoms. The Morgan fingerprint density at radius 1 is 1.31 bits per heavy atom. The fraction of sp³-hybridized carbons (Fsp3) is 1.00. The second-order valence-electron chi connectivity index (χ2n) is 5.08. The summed E-state index contributed by atoms with van der Waals surface area (Å²) in [5, 5.41) is 3.56. The first-order valence-electron chi connectivity index (χ1n) is 5.89. The highest BCUT2D eigenvalue weighted by Crippen LogP contribution is 2.31. The number of hydrogen-bond donors (Lipinski definition) is 1. The van der Waals surface area contributed by atoms with Crippen LogP contribution in [-0.4, -0.2) is 36.6 Å². The molecule has 0 spiro atoms. The molecule has 0 aromatic carbocycles. The molecule has 1 saturated carbocycles. The van der Waals surface area contributed by atoms with Gasteiger partial charge in [-0.05, 0) is 25.3 Å². The van der Waals surface area contributed by atoms with Crippen LogP contribution in [0.15, 0.2) is 0 Å². The highest BCUT2D eigenvalue weighted by atomic mass is 15.3. The summed E-state index contributed by atoms with van der Waals surface area (Å²) in [7, 11) is 0. The zero-order valence-electron chi connectivity index (χ0n) is 8.34. The van der Waals surface area contributed by atoms with E-state index >= 15 is 0 Å². The molecular weight excluding hydrogens is 160 g/mol. The lowest BCUT2D eigenvalue weighted by molar-refractivity contribution is 0.186. The van der Waals surface area contributed by atoms with Gasteiger partial charge in [0.1, 0.15) is 0 Å². The lowest BCUT2D eigenvalue weighted by Gasteiger charge is -2.31. The zero-order chi connectivity index (χ0) is 8.67. The number of nitrogens with zero attached hydrogens (tertiary/aromatic N) is 1. The largest absolute Gasteiger partial charge is 0.311 e. The van der Waals surface area contributed by atoms with Gasteiger partial charge in [0, 0.05) is 25.2 Å². The molecule has 2 aliphatic heterocycles. The lowest BCUT2D eigenvalue weighted by atomic mass is 9.83. The minimum atomic E-state index is 0.839. The Balaban J connectivity index is 1.45. The fourth-order valence-corrected chi connectivity index (χ4v) is 3.05. The van der Waals surface area contributed by atoms with Crippen LogP contribution in [0, 0.1) is 5.92 Å². The summed E-state index contributed by atoms with van der Waals surface area (Å²) >= 11 is 0. The van der Waals surface area contributed by atoms with Gasteiger partial charge in [-0.25, -0.2) is 0 Å². The lowest BCUT2D eigenvalue weighted by Crippen LogP contribution is -2.44. The third kappa shape index (κ3) is 1.50. The molecule has 2 atom stereocenters. The number of hydrogen-bond acceptors (Lipinski definition) is 2. The molecular formula is C11H20N2. The van der Waals surface area contributed by atoms with Crippen LogP contribution in [0.5, 0.6) is 0 Å². The van der Waals surface area contributed by atoms with E-state index in [1.807, 2.05) is 0 Å². The summed E-state index contributed by atoms with van der Waals surface area (Å²) in [5.74, 6) is 1.09. The van der Waals surface area contributed by atoms with E-state index in [4.69, 9.17) is 0 Å². The summed E-state index contributed by atoms with van der Waals surface area (Å²) in [5.41, 5.74) is 0. The van der Waals surface area contributed by atoms with E-state index in [2.05, 4.69) is 10.2 Å². The van der Waals surface area contributed by atoms with Crippen molar-refractivity contribution in [1.29, 1.82) is 0 Å². The van der Waals surface area contributed by atoms with Gasteiger partial charge >= 0.3 is 0 Å². The van der Waals surface area contributed by atoms with Gasteiger partial charge in [-0.1, -0.05) is 19.3 Å². The van der Waals surface area contributed by atoms with Gasteiger partial charge in [0.2, 0.25) is 0 Å². The highest BCUT2D eigenvalue weighted by Gasteiger charge is 2.37. The van der Waals surface area contributed by atoms with Gasteiger partial charge in [0.05, 0.1) is 0 Å². The van der Waals surface area contributed by atoms with Crippen molar-refractivity contribution in [3.63, 3.8) is 0 Å². The van der Waals surface area contributed by atoms with Crippen molar-refractivity contribution >= 4 is 0 Å². The Hall–Kier alpha value is -0.0800. The molecule has 1 aliphatic carbocycles. The van der Waals surface area contributed by atoms with E-state index in [9.17, 15) is 0 Å². The first kappa shape index (κ1) is 8.25. The van der Waals surface area contributed by atoms with Crippen LogP contribution in [0.1, 0.15) is 32.1 Å². The summed E-state index contributed by atoms with van der Waals surface area (Å²) in [4.78, 5) is 2.72. The van der Waals surface area contributed by atoms with E-state index in [0.717, 1.165) is 18.0 Å². The minimum absolute atomic E-state index is 0.839. The summed E-state index contributed by atoms with van der Waals surface area (Å²) in [6, 6.07) is 1.73. The van der Waals surface area contributed by atoms with Crippen LogP contribution in [-0.2, 0) is 0 Å². The molecule has 13 heavy (non-hydrogen) atoms. The van der Waals surface area contributed by atoms with E-state index in [-0.39, 0.29) is 0 Å². The van der Waals surface area contributed by atoms with Crippen molar-refractivity contribution in [2.24, 2.45) is 5.92 Å². The molecule has 3 rings (SSSR count). The summed E-state index contributed by atoms with van der Waals surface area (Å²) in [6.07, 6.45) is 7.42. The number of nitrogens with one attached hydrogen (secondary N) is 1. The summed E-state index contributed by atoms with van der Waals surface area (Å²) < 4.78 is 0. The maximum atomic E-state index is 3.56. The normalized spacial score (nSPS) is 39.7. The average molecular weight is 180 g/mol. The van der Waals surface area contributed by atoms with Gasteiger partial charge in [0.15, 0.2) is 0 Å². The molecule has 2 unspecified atom stereocenters. The molecule has 3 aliphatic rings. The first-order chi connectivity index (χ1) is 6.42. The van der Waals surface area contributed by atoms with Crippen LogP contribution in [0.2, 0.25) is 0 Å². The Morgan fingerprint density at radius 2 is 2.23 bits per heavy atom. The van der Waals surface area contributed by atoms with E-state index in [0.29, 0.717) is 0 Å². The predicted octanol–water partition coefficient (Wildman–Crippen LogP) is 1.22. The third-order valence-corrected chi connectivity index (χ3v) is 4.22. The van der Waals surface area contributed by atoms with Crippen molar-refractivity contribution in [3.8, 4) is 0 Å². The Morgan fingerprint density at radius 3 is 2.77 bits per heavy atom.